The topological polar surface area (TPSA) is 48.1 Å². The molecule has 0 aliphatic heterocycles. The SMILES string of the molecule is C#CCCCCC(COc1c(F)cccc1-c1ccc2c(c1)c(CN(C)C)nn2C)c1c(C)nn(C)c1C. The Morgan fingerprint density at radius 3 is 2.55 bits per heavy atom. The van der Waals surface area contributed by atoms with Gasteiger partial charge in [-0.05, 0) is 64.5 Å². The number of aryl methyl sites for hydroxylation is 3. The monoisotopic (exact) mass is 515 g/mol. The van der Waals surface area contributed by atoms with Gasteiger partial charge in [0.15, 0.2) is 11.6 Å². The van der Waals surface area contributed by atoms with Crippen LogP contribution in [0.1, 0.15) is 54.2 Å². The summed E-state index contributed by atoms with van der Waals surface area (Å²) in [5.74, 6) is 2.71. The van der Waals surface area contributed by atoms with Gasteiger partial charge < -0.3 is 9.64 Å². The summed E-state index contributed by atoms with van der Waals surface area (Å²) in [5.41, 5.74) is 6.94. The van der Waals surface area contributed by atoms with Gasteiger partial charge in [-0.15, -0.1) is 12.3 Å². The lowest BCUT2D eigenvalue weighted by molar-refractivity contribution is 0.267. The molecule has 0 aliphatic carbocycles. The fourth-order valence-electron chi connectivity index (χ4n) is 5.30. The normalized spacial score (nSPS) is 12.3. The number of terminal acetylenes is 1. The van der Waals surface area contributed by atoms with Crippen molar-refractivity contribution in [3.8, 4) is 29.2 Å². The van der Waals surface area contributed by atoms with Gasteiger partial charge in [-0.3, -0.25) is 9.36 Å². The van der Waals surface area contributed by atoms with Crippen LogP contribution in [-0.2, 0) is 20.6 Å². The first kappa shape index (κ1) is 27.4. The Kier molecular flexibility index (Phi) is 8.53. The minimum Gasteiger partial charge on any atom is -0.489 e. The van der Waals surface area contributed by atoms with E-state index in [1.165, 1.54) is 11.6 Å². The first-order chi connectivity index (χ1) is 18.2. The summed E-state index contributed by atoms with van der Waals surface area (Å²) >= 11 is 0. The second-order valence-electron chi connectivity index (χ2n) is 10.3. The van der Waals surface area contributed by atoms with Crippen LogP contribution in [0.3, 0.4) is 0 Å². The third-order valence-electron chi connectivity index (χ3n) is 7.20. The van der Waals surface area contributed by atoms with E-state index in [0.717, 1.165) is 71.3 Å². The molecule has 0 aliphatic rings. The molecule has 1 unspecified atom stereocenters. The molecule has 1 atom stereocenters. The summed E-state index contributed by atoms with van der Waals surface area (Å²) < 4.78 is 25.4. The molecule has 0 radical (unpaired) electrons. The van der Waals surface area contributed by atoms with E-state index < -0.39 is 0 Å². The van der Waals surface area contributed by atoms with Crippen molar-refractivity contribution < 1.29 is 9.13 Å². The Balaban J connectivity index is 1.67. The molecule has 6 nitrogen and oxygen atoms in total. The molecule has 7 heteroatoms. The molecule has 0 saturated heterocycles. The smallest absolute Gasteiger partial charge is 0.165 e. The fraction of sp³-hybridized carbons (Fsp3) is 0.419. The van der Waals surface area contributed by atoms with E-state index in [0.29, 0.717) is 6.61 Å². The molecule has 2 aromatic carbocycles. The van der Waals surface area contributed by atoms with E-state index in [1.54, 1.807) is 6.07 Å². The summed E-state index contributed by atoms with van der Waals surface area (Å²) in [6.07, 6.45) is 9.04. The van der Waals surface area contributed by atoms with Crippen LogP contribution in [0.4, 0.5) is 4.39 Å². The standard InChI is InChI=1S/C31H38FN5O/c1-8-9-10-11-13-24(30-21(2)33-36(6)22(30)3)20-38-31-25(14-12-15-27(31)32)23-16-17-29-26(18-23)28(19-35(4)5)34-37(29)7/h1,12,14-18,24H,9-11,13,19-20H2,2-7H3. The highest BCUT2D eigenvalue weighted by Crippen LogP contribution is 2.37. The van der Waals surface area contributed by atoms with E-state index in [2.05, 4.69) is 28.9 Å². The summed E-state index contributed by atoms with van der Waals surface area (Å²) in [6, 6.07) is 11.3. The summed E-state index contributed by atoms with van der Waals surface area (Å²) in [5, 5.41) is 10.4. The highest BCUT2D eigenvalue weighted by molar-refractivity contribution is 5.88. The van der Waals surface area contributed by atoms with E-state index in [-0.39, 0.29) is 17.5 Å². The molecule has 4 rings (SSSR count). The largest absolute Gasteiger partial charge is 0.489 e. The van der Waals surface area contributed by atoms with E-state index in [4.69, 9.17) is 16.3 Å². The number of benzene rings is 2. The first-order valence-corrected chi connectivity index (χ1v) is 13.2. The highest BCUT2D eigenvalue weighted by Gasteiger charge is 2.23. The number of aromatic nitrogens is 4. The molecular formula is C31H38FN5O. The third-order valence-corrected chi connectivity index (χ3v) is 7.20. The van der Waals surface area contributed by atoms with E-state index in [1.807, 2.05) is 62.7 Å². The first-order valence-electron chi connectivity index (χ1n) is 13.2. The zero-order valence-corrected chi connectivity index (χ0v) is 23.4. The van der Waals surface area contributed by atoms with Crippen molar-refractivity contribution in [1.82, 2.24) is 24.5 Å². The Labute approximate surface area is 225 Å². The second kappa shape index (κ2) is 11.8. The van der Waals surface area contributed by atoms with Crippen LogP contribution < -0.4 is 4.74 Å². The van der Waals surface area contributed by atoms with Crippen LogP contribution in [-0.4, -0.2) is 45.2 Å². The predicted octanol–water partition coefficient (Wildman–Crippen LogP) is 6.15. The van der Waals surface area contributed by atoms with Crippen molar-refractivity contribution in [2.75, 3.05) is 20.7 Å². The maximum atomic E-state index is 15.3. The number of hydrogen-bond acceptors (Lipinski definition) is 4. The molecule has 0 N–H and O–H groups in total. The summed E-state index contributed by atoms with van der Waals surface area (Å²) in [4.78, 5) is 2.09. The number of hydrogen-bond donors (Lipinski definition) is 0. The van der Waals surface area contributed by atoms with E-state index in [9.17, 15) is 0 Å². The Bertz CT molecular complexity index is 1460. The van der Waals surface area contributed by atoms with Gasteiger partial charge in [0, 0.05) is 55.2 Å². The molecule has 200 valence electrons. The van der Waals surface area contributed by atoms with Crippen LogP contribution in [0.25, 0.3) is 22.0 Å². The Morgan fingerprint density at radius 2 is 1.87 bits per heavy atom. The minimum atomic E-state index is -0.368. The van der Waals surface area contributed by atoms with Gasteiger partial charge in [0.25, 0.3) is 0 Å². The number of ether oxygens (including phenoxy) is 1. The average Bonchev–Trinajstić information content (AvgIpc) is 3.32. The van der Waals surface area contributed by atoms with Gasteiger partial charge >= 0.3 is 0 Å². The van der Waals surface area contributed by atoms with Crippen molar-refractivity contribution in [2.24, 2.45) is 14.1 Å². The van der Waals surface area contributed by atoms with Crippen LogP contribution in [0.2, 0.25) is 0 Å². The van der Waals surface area contributed by atoms with Gasteiger partial charge in [-0.2, -0.15) is 10.2 Å². The lowest BCUT2D eigenvalue weighted by Gasteiger charge is -2.20. The van der Waals surface area contributed by atoms with Gasteiger partial charge in [-0.1, -0.05) is 24.6 Å². The van der Waals surface area contributed by atoms with Crippen molar-refractivity contribution in [3.63, 3.8) is 0 Å². The third kappa shape index (κ3) is 5.76. The molecule has 2 heterocycles. The quantitative estimate of drug-likeness (QED) is 0.178. The molecule has 0 saturated carbocycles. The number of para-hydroxylation sites is 1. The zero-order valence-electron chi connectivity index (χ0n) is 23.4. The average molecular weight is 516 g/mol. The Hall–Kier alpha value is -3.63. The molecule has 38 heavy (non-hydrogen) atoms. The number of rotatable bonds is 11. The maximum absolute atomic E-state index is 15.3. The van der Waals surface area contributed by atoms with Crippen molar-refractivity contribution in [2.45, 2.75) is 52.0 Å². The molecule has 0 amide bonds. The lowest BCUT2D eigenvalue weighted by Crippen LogP contribution is -2.14. The molecule has 2 aromatic heterocycles. The molecule has 4 aromatic rings. The number of fused-ring (bicyclic) bond motifs is 1. The van der Waals surface area contributed by atoms with Gasteiger partial charge in [0.1, 0.15) is 0 Å². The molecule has 0 spiro atoms. The minimum absolute atomic E-state index is 0.0847. The number of unbranched alkanes of at least 4 members (excludes halogenated alkanes) is 2. The van der Waals surface area contributed by atoms with Crippen LogP contribution in [0, 0.1) is 32.0 Å². The van der Waals surface area contributed by atoms with Crippen molar-refractivity contribution in [1.29, 1.82) is 0 Å². The van der Waals surface area contributed by atoms with Gasteiger partial charge in [0.05, 0.1) is 23.5 Å². The molecule has 0 bridgehead atoms. The maximum Gasteiger partial charge on any atom is 0.165 e. The molecular weight excluding hydrogens is 477 g/mol. The number of halogens is 1. The van der Waals surface area contributed by atoms with Crippen LogP contribution in [0.5, 0.6) is 5.75 Å². The van der Waals surface area contributed by atoms with Gasteiger partial charge in [0.2, 0.25) is 0 Å². The fourth-order valence-corrected chi connectivity index (χ4v) is 5.30. The van der Waals surface area contributed by atoms with E-state index >= 15 is 4.39 Å². The Morgan fingerprint density at radius 1 is 1.08 bits per heavy atom. The number of nitrogens with zero attached hydrogens (tertiary/aromatic N) is 5. The molecule has 0 fully saturated rings. The highest BCUT2D eigenvalue weighted by atomic mass is 19.1. The van der Waals surface area contributed by atoms with Gasteiger partial charge in [-0.25, -0.2) is 4.39 Å². The predicted molar refractivity (Wildman–Crippen MR) is 152 cm³/mol. The van der Waals surface area contributed by atoms with Crippen LogP contribution in [0.15, 0.2) is 36.4 Å². The zero-order chi connectivity index (χ0) is 27.4. The van der Waals surface area contributed by atoms with Crippen molar-refractivity contribution in [3.05, 3.63) is 64.9 Å². The summed E-state index contributed by atoms with van der Waals surface area (Å²) in [7, 11) is 7.95. The summed E-state index contributed by atoms with van der Waals surface area (Å²) in [6.45, 7) is 5.18. The van der Waals surface area contributed by atoms with Crippen LogP contribution >= 0.6 is 0 Å². The second-order valence-corrected chi connectivity index (χ2v) is 10.3. The van der Waals surface area contributed by atoms with Crippen molar-refractivity contribution >= 4 is 10.9 Å². The lowest BCUT2D eigenvalue weighted by atomic mass is 9.92.